The number of nitrogens with zero attached hydrogens (tertiary/aromatic N) is 1. The molecule has 3 amide bonds. The lowest BCUT2D eigenvalue weighted by Gasteiger charge is -2.36. The molecule has 7 nitrogen and oxygen atoms in total. The Bertz CT molecular complexity index is 1230. The van der Waals surface area contributed by atoms with Crippen LogP contribution in [0.25, 0.3) is 0 Å². The number of carbonyl (C=O) groups is 3. The van der Waals surface area contributed by atoms with Crippen molar-refractivity contribution in [3.05, 3.63) is 64.2 Å². The first-order valence-corrected chi connectivity index (χ1v) is 16.4. The minimum atomic E-state index is -0.882. The zero-order valence-electron chi connectivity index (χ0n) is 28.9. The number of carbonyl (C=O) groups excluding carboxylic acids is 3. The van der Waals surface area contributed by atoms with Crippen molar-refractivity contribution in [1.29, 1.82) is 0 Å². The molecule has 2 aromatic carbocycles. The predicted octanol–water partition coefficient (Wildman–Crippen LogP) is 8.73. The van der Waals surface area contributed by atoms with Crippen LogP contribution in [0.15, 0.2) is 36.4 Å². The molecule has 244 valence electrons. The molecule has 0 saturated carbocycles. The number of hydrogen-bond acceptors (Lipinski definition) is 4. The Hall–Kier alpha value is -3.35. The quantitative estimate of drug-likeness (QED) is 0.198. The van der Waals surface area contributed by atoms with Crippen molar-refractivity contribution in [3.63, 3.8) is 0 Å². The molecule has 2 atom stereocenters. The molecule has 0 radical (unpaired) electrons. The third kappa shape index (κ3) is 11.6. The second-order valence-electron chi connectivity index (χ2n) is 13.6. The van der Waals surface area contributed by atoms with Gasteiger partial charge in [-0.1, -0.05) is 94.8 Å². The van der Waals surface area contributed by atoms with Gasteiger partial charge in [-0.2, -0.15) is 0 Å². The Balaban J connectivity index is 2.61. The molecule has 2 N–H and O–H groups in total. The third-order valence-electron chi connectivity index (χ3n) is 7.74. The number of para-hydroxylation sites is 1. The molecule has 0 aromatic heterocycles. The molecule has 2 aromatic rings. The predicted molar refractivity (Wildman–Crippen MR) is 181 cm³/mol. The van der Waals surface area contributed by atoms with Gasteiger partial charge in [-0.25, -0.2) is 4.79 Å². The Morgan fingerprint density at radius 2 is 1.48 bits per heavy atom. The van der Waals surface area contributed by atoms with Gasteiger partial charge in [-0.05, 0) is 89.5 Å². The van der Waals surface area contributed by atoms with Crippen molar-refractivity contribution in [2.45, 2.75) is 132 Å². The summed E-state index contributed by atoms with van der Waals surface area (Å²) in [6, 6.07) is 10.2. The van der Waals surface area contributed by atoms with Gasteiger partial charge < -0.3 is 20.3 Å². The summed E-state index contributed by atoms with van der Waals surface area (Å²) in [7, 11) is 0. The highest BCUT2D eigenvalue weighted by Gasteiger charge is 2.37. The third-order valence-corrected chi connectivity index (χ3v) is 7.74. The lowest BCUT2D eigenvalue weighted by Crippen LogP contribution is -2.53. The van der Waals surface area contributed by atoms with Gasteiger partial charge in [-0.15, -0.1) is 0 Å². The molecule has 0 spiro atoms. The van der Waals surface area contributed by atoms with Gasteiger partial charge in [-0.3, -0.25) is 9.59 Å². The zero-order valence-corrected chi connectivity index (χ0v) is 28.9. The van der Waals surface area contributed by atoms with Crippen LogP contribution in [0.4, 0.5) is 10.5 Å². The highest BCUT2D eigenvalue weighted by molar-refractivity contribution is 6.00. The lowest BCUT2D eigenvalue weighted by molar-refractivity contribution is -0.141. The molecule has 0 fully saturated rings. The molecule has 2 unspecified atom stereocenters. The molecule has 0 heterocycles. The van der Waals surface area contributed by atoms with Crippen LogP contribution in [0.2, 0.25) is 0 Å². The first-order chi connectivity index (χ1) is 20.6. The highest BCUT2D eigenvalue weighted by atomic mass is 16.6. The summed E-state index contributed by atoms with van der Waals surface area (Å²) in [5, 5.41) is 6.04. The van der Waals surface area contributed by atoms with E-state index >= 15 is 0 Å². The van der Waals surface area contributed by atoms with E-state index in [2.05, 4.69) is 17.6 Å². The number of nitrogens with one attached hydrogen (secondary N) is 2. The number of anilines is 1. The lowest BCUT2D eigenvalue weighted by atomic mass is 9.94. The first-order valence-electron chi connectivity index (χ1n) is 16.4. The van der Waals surface area contributed by atoms with Crippen LogP contribution in [0.1, 0.15) is 120 Å². The number of alkyl carbamates (subject to hydrolysis) is 1. The maximum atomic E-state index is 14.6. The minimum Gasteiger partial charge on any atom is -0.444 e. The fourth-order valence-electron chi connectivity index (χ4n) is 5.56. The normalized spacial score (nSPS) is 12.9. The van der Waals surface area contributed by atoms with Crippen molar-refractivity contribution in [1.82, 2.24) is 10.2 Å². The Morgan fingerprint density at radius 3 is 2.05 bits per heavy atom. The number of amides is 3. The summed E-state index contributed by atoms with van der Waals surface area (Å²) < 4.78 is 5.55. The average Bonchev–Trinajstić information content (AvgIpc) is 2.90. The Morgan fingerprint density at radius 1 is 0.864 bits per heavy atom. The van der Waals surface area contributed by atoms with Crippen molar-refractivity contribution in [2.24, 2.45) is 5.92 Å². The van der Waals surface area contributed by atoms with Gasteiger partial charge in [0.05, 0.1) is 0 Å². The largest absolute Gasteiger partial charge is 0.444 e. The number of unbranched alkanes of at least 4 members (excludes halogenated alkanes) is 5. The Kier molecular flexibility index (Phi) is 14.4. The van der Waals surface area contributed by atoms with E-state index in [0.717, 1.165) is 65.6 Å². The molecule has 0 aliphatic rings. The molecule has 0 aliphatic heterocycles. The van der Waals surface area contributed by atoms with Gasteiger partial charge >= 0.3 is 6.09 Å². The molecular formula is C37H57N3O4. The minimum absolute atomic E-state index is 0.123. The molecule has 0 aliphatic carbocycles. The van der Waals surface area contributed by atoms with E-state index in [9.17, 15) is 14.4 Å². The second-order valence-corrected chi connectivity index (χ2v) is 13.6. The standard InChI is InChI=1S/C37H57N3O4/c1-11-12-13-14-15-16-22-40(35(42)31(23-25(2)3)38-36(43)44-37(8,9)10)33(30-21-20-26(4)24-29(30)7)34(41)39-32-27(5)18-17-19-28(32)6/h17-21,24-25,31,33H,11-16,22-23H2,1-10H3,(H,38,43)(H,39,41). The first kappa shape index (κ1) is 36.8. The van der Waals surface area contributed by atoms with Crippen LogP contribution in [0.3, 0.4) is 0 Å². The number of aryl methyl sites for hydroxylation is 4. The maximum absolute atomic E-state index is 14.6. The number of benzene rings is 2. The summed E-state index contributed by atoms with van der Waals surface area (Å²) in [5.74, 6) is -0.424. The van der Waals surface area contributed by atoms with Crippen LogP contribution < -0.4 is 10.6 Å². The number of hydrogen-bond donors (Lipinski definition) is 2. The average molecular weight is 608 g/mol. The molecule has 44 heavy (non-hydrogen) atoms. The molecule has 0 saturated heterocycles. The zero-order chi connectivity index (χ0) is 33.0. The van der Waals surface area contributed by atoms with E-state index in [1.807, 2.05) is 77.9 Å². The van der Waals surface area contributed by atoms with E-state index in [-0.39, 0.29) is 17.7 Å². The second kappa shape index (κ2) is 17.2. The van der Waals surface area contributed by atoms with Crippen molar-refractivity contribution >= 4 is 23.6 Å². The van der Waals surface area contributed by atoms with E-state index in [0.29, 0.717) is 13.0 Å². The van der Waals surface area contributed by atoms with Gasteiger partial charge in [0.25, 0.3) is 5.91 Å². The number of rotatable bonds is 15. The topological polar surface area (TPSA) is 87.7 Å². The monoisotopic (exact) mass is 607 g/mol. The molecular weight excluding hydrogens is 550 g/mol. The van der Waals surface area contributed by atoms with Gasteiger partial charge in [0, 0.05) is 12.2 Å². The van der Waals surface area contributed by atoms with Crippen LogP contribution in [0, 0.1) is 33.6 Å². The molecule has 2 rings (SSSR count). The maximum Gasteiger partial charge on any atom is 0.408 e. The van der Waals surface area contributed by atoms with Crippen LogP contribution in [-0.2, 0) is 14.3 Å². The molecule has 7 heteroatoms. The molecule has 0 bridgehead atoms. The van der Waals surface area contributed by atoms with E-state index < -0.39 is 23.8 Å². The van der Waals surface area contributed by atoms with Crippen molar-refractivity contribution in [2.75, 3.05) is 11.9 Å². The fraction of sp³-hybridized carbons (Fsp3) is 0.595. The summed E-state index contributed by atoms with van der Waals surface area (Å²) in [5.41, 5.74) is 4.75. The fourth-order valence-corrected chi connectivity index (χ4v) is 5.56. The summed E-state index contributed by atoms with van der Waals surface area (Å²) in [6.07, 6.45) is 6.05. The van der Waals surface area contributed by atoms with Crippen LogP contribution in [-0.4, -0.2) is 41.0 Å². The van der Waals surface area contributed by atoms with Crippen LogP contribution in [0.5, 0.6) is 0 Å². The van der Waals surface area contributed by atoms with Crippen molar-refractivity contribution < 1.29 is 19.1 Å². The summed E-state index contributed by atoms with van der Waals surface area (Å²) in [6.45, 7) is 20.0. The van der Waals surface area contributed by atoms with Crippen molar-refractivity contribution in [3.8, 4) is 0 Å². The van der Waals surface area contributed by atoms with Gasteiger partial charge in [0.15, 0.2) is 0 Å². The number of ether oxygens (including phenoxy) is 1. The SMILES string of the molecule is CCCCCCCCN(C(=O)C(CC(C)C)NC(=O)OC(C)(C)C)C(C(=O)Nc1c(C)cccc1C)c1ccc(C)cc1C. The summed E-state index contributed by atoms with van der Waals surface area (Å²) >= 11 is 0. The summed E-state index contributed by atoms with van der Waals surface area (Å²) in [4.78, 5) is 43.7. The van der Waals surface area contributed by atoms with E-state index in [4.69, 9.17) is 4.74 Å². The Labute approximate surface area is 266 Å². The van der Waals surface area contributed by atoms with E-state index in [1.54, 1.807) is 25.7 Å². The van der Waals surface area contributed by atoms with E-state index in [1.165, 1.54) is 6.42 Å². The van der Waals surface area contributed by atoms with Crippen LogP contribution >= 0.6 is 0 Å². The highest BCUT2D eigenvalue weighted by Crippen LogP contribution is 2.30. The van der Waals surface area contributed by atoms with Gasteiger partial charge in [0.1, 0.15) is 17.7 Å². The van der Waals surface area contributed by atoms with Gasteiger partial charge in [0.2, 0.25) is 5.91 Å². The smallest absolute Gasteiger partial charge is 0.408 e.